The number of aryl methyl sites for hydroxylation is 2. The summed E-state index contributed by atoms with van der Waals surface area (Å²) in [5.41, 5.74) is 6.18. The van der Waals surface area contributed by atoms with Crippen molar-refractivity contribution in [1.82, 2.24) is 4.98 Å². The molecule has 0 radical (unpaired) electrons. The third kappa shape index (κ3) is 2.95. The Bertz CT molecular complexity index is 728. The van der Waals surface area contributed by atoms with Crippen molar-refractivity contribution >= 4 is 11.3 Å². The summed E-state index contributed by atoms with van der Waals surface area (Å²) in [6, 6.07) is 9.97. The lowest BCUT2D eigenvalue weighted by Crippen LogP contribution is -1.92. The Hall–Kier alpha value is -2.20. The highest BCUT2D eigenvalue weighted by molar-refractivity contribution is 7.07. The van der Waals surface area contributed by atoms with E-state index in [-0.39, 0.29) is 5.82 Å². The van der Waals surface area contributed by atoms with Crippen LogP contribution in [-0.4, -0.2) is 4.98 Å². The topological polar surface area (TPSA) is 22.1 Å². The van der Waals surface area contributed by atoms with Gasteiger partial charge in [0.25, 0.3) is 0 Å². The Morgan fingerprint density at radius 1 is 1.00 bits per heavy atom. The molecule has 0 fully saturated rings. The Kier molecular flexibility index (Phi) is 3.71. The Morgan fingerprint density at radius 3 is 2.24 bits per heavy atom. The van der Waals surface area contributed by atoms with Gasteiger partial charge in [0.05, 0.1) is 11.2 Å². The first-order valence-corrected chi connectivity index (χ1v) is 7.51. The van der Waals surface area contributed by atoms with Crippen molar-refractivity contribution in [2.75, 3.05) is 0 Å². The monoisotopic (exact) mass is 299 g/mol. The molecule has 0 spiro atoms. The predicted molar refractivity (Wildman–Crippen MR) is 83.5 cm³/mol. The second-order valence-electron chi connectivity index (χ2n) is 4.86. The van der Waals surface area contributed by atoms with E-state index in [1.807, 2.05) is 36.9 Å². The zero-order valence-electron chi connectivity index (χ0n) is 11.8. The van der Waals surface area contributed by atoms with E-state index in [0.29, 0.717) is 5.75 Å². The Labute approximate surface area is 126 Å². The van der Waals surface area contributed by atoms with E-state index in [2.05, 4.69) is 4.98 Å². The number of hydrogen-bond donors (Lipinski definition) is 0. The van der Waals surface area contributed by atoms with E-state index in [1.54, 1.807) is 23.5 Å². The van der Waals surface area contributed by atoms with Gasteiger partial charge < -0.3 is 4.74 Å². The molecular weight excluding hydrogens is 285 g/mol. The Morgan fingerprint density at radius 2 is 1.67 bits per heavy atom. The van der Waals surface area contributed by atoms with Crippen LogP contribution < -0.4 is 4.74 Å². The van der Waals surface area contributed by atoms with Crippen molar-refractivity contribution in [2.45, 2.75) is 13.8 Å². The fourth-order valence-corrected chi connectivity index (χ4v) is 2.90. The molecule has 3 rings (SSSR count). The maximum absolute atomic E-state index is 12.9. The van der Waals surface area contributed by atoms with E-state index >= 15 is 0 Å². The molecule has 0 unspecified atom stereocenters. The summed E-state index contributed by atoms with van der Waals surface area (Å²) in [6.07, 6.45) is 0. The molecule has 2 nitrogen and oxygen atoms in total. The molecule has 2 aromatic carbocycles. The Balaban J connectivity index is 1.93. The van der Waals surface area contributed by atoms with Gasteiger partial charge in [-0.3, -0.25) is 0 Å². The standard InChI is InChI=1S/C17H14FNOS/c1-11-7-15(20-14-5-3-13(18)4-6-14)8-12(2)17(11)16-9-21-10-19-16/h3-10H,1-2H3. The van der Waals surface area contributed by atoms with Crippen molar-refractivity contribution in [3.8, 4) is 22.8 Å². The summed E-state index contributed by atoms with van der Waals surface area (Å²) in [5, 5.41) is 2.04. The van der Waals surface area contributed by atoms with Gasteiger partial charge in [0, 0.05) is 10.9 Å². The quantitative estimate of drug-likeness (QED) is 0.649. The summed E-state index contributed by atoms with van der Waals surface area (Å²) in [6.45, 7) is 4.08. The van der Waals surface area contributed by atoms with E-state index in [9.17, 15) is 4.39 Å². The normalized spacial score (nSPS) is 10.6. The van der Waals surface area contributed by atoms with Crippen molar-refractivity contribution in [1.29, 1.82) is 0 Å². The molecule has 0 aliphatic rings. The molecular formula is C17H14FNOS. The second kappa shape index (κ2) is 5.66. The van der Waals surface area contributed by atoms with Crippen LogP contribution in [0.3, 0.4) is 0 Å². The van der Waals surface area contributed by atoms with Gasteiger partial charge in [0.1, 0.15) is 17.3 Å². The zero-order valence-corrected chi connectivity index (χ0v) is 12.6. The highest BCUT2D eigenvalue weighted by atomic mass is 32.1. The molecule has 0 saturated heterocycles. The number of rotatable bonds is 3. The average molecular weight is 299 g/mol. The molecule has 0 aliphatic heterocycles. The minimum Gasteiger partial charge on any atom is -0.457 e. The molecule has 1 aromatic heterocycles. The molecule has 21 heavy (non-hydrogen) atoms. The van der Waals surface area contributed by atoms with Crippen LogP contribution in [0.2, 0.25) is 0 Å². The van der Waals surface area contributed by atoms with Crippen LogP contribution in [0.1, 0.15) is 11.1 Å². The molecule has 0 saturated carbocycles. The van der Waals surface area contributed by atoms with Gasteiger partial charge in [-0.15, -0.1) is 11.3 Å². The van der Waals surface area contributed by atoms with Crippen molar-refractivity contribution < 1.29 is 9.13 Å². The van der Waals surface area contributed by atoms with E-state index < -0.39 is 0 Å². The van der Waals surface area contributed by atoms with Crippen LogP contribution in [0.25, 0.3) is 11.3 Å². The number of hydrogen-bond acceptors (Lipinski definition) is 3. The lowest BCUT2D eigenvalue weighted by atomic mass is 10.0. The highest BCUT2D eigenvalue weighted by Crippen LogP contribution is 2.32. The molecule has 0 N–H and O–H groups in total. The summed E-state index contributed by atoms with van der Waals surface area (Å²) in [4.78, 5) is 4.37. The van der Waals surface area contributed by atoms with Gasteiger partial charge in [-0.25, -0.2) is 9.37 Å². The fourth-order valence-electron chi connectivity index (χ4n) is 2.36. The molecule has 1 heterocycles. The maximum atomic E-state index is 12.9. The van der Waals surface area contributed by atoms with Crippen LogP contribution in [-0.2, 0) is 0 Å². The highest BCUT2D eigenvalue weighted by Gasteiger charge is 2.10. The molecule has 3 aromatic rings. The molecule has 4 heteroatoms. The largest absolute Gasteiger partial charge is 0.457 e. The van der Waals surface area contributed by atoms with Crippen LogP contribution in [0, 0.1) is 19.7 Å². The minimum atomic E-state index is -0.270. The summed E-state index contributed by atoms with van der Waals surface area (Å²) < 4.78 is 18.7. The van der Waals surface area contributed by atoms with Crippen LogP contribution in [0.5, 0.6) is 11.5 Å². The van der Waals surface area contributed by atoms with Crippen molar-refractivity contribution in [3.63, 3.8) is 0 Å². The van der Waals surface area contributed by atoms with Crippen molar-refractivity contribution in [2.24, 2.45) is 0 Å². The number of aromatic nitrogens is 1. The van der Waals surface area contributed by atoms with Crippen LogP contribution in [0.4, 0.5) is 4.39 Å². The number of thiazole rings is 1. The predicted octanol–water partition coefficient (Wildman–Crippen LogP) is 5.36. The zero-order chi connectivity index (χ0) is 14.8. The van der Waals surface area contributed by atoms with Gasteiger partial charge >= 0.3 is 0 Å². The number of ether oxygens (including phenoxy) is 1. The molecule has 0 amide bonds. The summed E-state index contributed by atoms with van der Waals surface area (Å²) in [5.74, 6) is 1.10. The lowest BCUT2D eigenvalue weighted by Gasteiger charge is -2.12. The van der Waals surface area contributed by atoms with Gasteiger partial charge in [-0.2, -0.15) is 0 Å². The fraction of sp³-hybridized carbons (Fsp3) is 0.118. The van der Waals surface area contributed by atoms with Gasteiger partial charge in [0.2, 0.25) is 0 Å². The van der Waals surface area contributed by atoms with Crippen LogP contribution >= 0.6 is 11.3 Å². The minimum absolute atomic E-state index is 0.270. The summed E-state index contributed by atoms with van der Waals surface area (Å²) >= 11 is 1.58. The molecule has 0 atom stereocenters. The lowest BCUT2D eigenvalue weighted by molar-refractivity contribution is 0.480. The smallest absolute Gasteiger partial charge is 0.128 e. The van der Waals surface area contributed by atoms with E-state index in [0.717, 1.165) is 28.1 Å². The number of nitrogens with zero attached hydrogens (tertiary/aromatic N) is 1. The van der Waals surface area contributed by atoms with Crippen LogP contribution in [0.15, 0.2) is 47.3 Å². The van der Waals surface area contributed by atoms with Gasteiger partial charge in [-0.1, -0.05) is 0 Å². The molecule has 0 bridgehead atoms. The first-order valence-electron chi connectivity index (χ1n) is 6.57. The van der Waals surface area contributed by atoms with Crippen molar-refractivity contribution in [3.05, 3.63) is 64.2 Å². The number of benzene rings is 2. The second-order valence-corrected chi connectivity index (χ2v) is 5.58. The average Bonchev–Trinajstić information content (AvgIpc) is 2.94. The molecule has 106 valence electrons. The van der Waals surface area contributed by atoms with Gasteiger partial charge in [-0.05, 0) is 61.4 Å². The number of halogens is 1. The SMILES string of the molecule is Cc1cc(Oc2ccc(F)cc2)cc(C)c1-c1cscn1. The first kappa shape index (κ1) is 13.8. The van der Waals surface area contributed by atoms with Gasteiger partial charge in [0.15, 0.2) is 0 Å². The molecule has 0 aliphatic carbocycles. The van der Waals surface area contributed by atoms with E-state index in [1.165, 1.54) is 12.1 Å². The van der Waals surface area contributed by atoms with E-state index in [4.69, 9.17) is 4.74 Å². The third-order valence-electron chi connectivity index (χ3n) is 3.24. The maximum Gasteiger partial charge on any atom is 0.128 e. The first-order chi connectivity index (χ1) is 10.1. The third-order valence-corrected chi connectivity index (χ3v) is 3.83. The summed E-state index contributed by atoms with van der Waals surface area (Å²) in [7, 11) is 0.